The van der Waals surface area contributed by atoms with Crippen molar-refractivity contribution in [2.75, 3.05) is 6.61 Å². The third-order valence-corrected chi connectivity index (χ3v) is 9.00. The first-order chi connectivity index (χ1) is 23.4. The summed E-state index contributed by atoms with van der Waals surface area (Å²) in [6, 6.07) is 49.4. The van der Waals surface area contributed by atoms with E-state index in [1.165, 1.54) is 0 Å². The second-order valence-electron chi connectivity index (χ2n) is 11.6. The van der Waals surface area contributed by atoms with Gasteiger partial charge in [-0.3, -0.25) is 0 Å². The van der Waals surface area contributed by atoms with Crippen LogP contribution >= 0.6 is 7.82 Å². The van der Waals surface area contributed by atoms with Crippen molar-refractivity contribution in [2.45, 2.75) is 12.0 Å². The van der Waals surface area contributed by atoms with E-state index in [9.17, 15) is 19.1 Å². The summed E-state index contributed by atoms with van der Waals surface area (Å²) >= 11 is 0. The van der Waals surface area contributed by atoms with Crippen LogP contribution in [0.15, 0.2) is 158 Å². The summed E-state index contributed by atoms with van der Waals surface area (Å²) in [5.41, 5.74) is 9.20. The Morgan fingerprint density at radius 3 is 1.42 bits per heavy atom. The average molecular weight is 654 g/mol. The lowest BCUT2D eigenvalue weighted by molar-refractivity contribution is -0.0881. The molecular weight excluding hydrogens is 621 g/mol. The monoisotopic (exact) mass is 653 g/mol. The van der Waals surface area contributed by atoms with Crippen molar-refractivity contribution in [3.05, 3.63) is 180 Å². The molecule has 238 valence electrons. The molecule has 0 heterocycles. The molecular formula is C40H32NO6P. The fourth-order valence-corrected chi connectivity index (χ4v) is 6.79. The zero-order chi connectivity index (χ0) is 33.1. The molecule has 1 aliphatic carbocycles. The van der Waals surface area contributed by atoms with Gasteiger partial charge in [-0.25, -0.2) is 9.36 Å². The van der Waals surface area contributed by atoms with E-state index in [-0.39, 0.29) is 12.5 Å². The molecule has 1 amide bonds. The Morgan fingerprint density at radius 1 is 0.583 bits per heavy atom. The molecule has 7 nitrogen and oxygen atoms in total. The molecule has 6 aromatic rings. The van der Waals surface area contributed by atoms with E-state index in [1.807, 2.05) is 158 Å². The SMILES string of the molecule is O=C(OCC1c2ccccc2-c2ccccc21)N(OP(=O)(O)O)C(c1ccc(-c2ccccc2)cc1)c1ccc(-c2ccccc2)cc1. The maximum atomic E-state index is 14.0. The number of benzene rings is 6. The van der Waals surface area contributed by atoms with Crippen LogP contribution in [0.3, 0.4) is 0 Å². The van der Waals surface area contributed by atoms with Crippen LogP contribution in [0.5, 0.6) is 0 Å². The lowest BCUT2D eigenvalue weighted by Crippen LogP contribution is -2.36. The molecule has 0 saturated heterocycles. The van der Waals surface area contributed by atoms with Gasteiger partial charge in [0.1, 0.15) is 12.6 Å². The van der Waals surface area contributed by atoms with Crippen LogP contribution in [0.4, 0.5) is 4.79 Å². The van der Waals surface area contributed by atoms with Crippen LogP contribution in [-0.4, -0.2) is 27.6 Å². The van der Waals surface area contributed by atoms with Crippen molar-refractivity contribution in [2.24, 2.45) is 0 Å². The smallest absolute Gasteiger partial charge is 0.447 e. The number of carbonyl (C=O) groups excluding carboxylic acids is 1. The number of ether oxygens (including phenoxy) is 1. The van der Waals surface area contributed by atoms with Crippen molar-refractivity contribution < 1.29 is 28.5 Å². The predicted molar refractivity (Wildman–Crippen MR) is 186 cm³/mol. The molecule has 0 atom stereocenters. The molecule has 8 heteroatoms. The second kappa shape index (κ2) is 13.4. The number of rotatable bonds is 9. The summed E-state index contributed by atoms with van der Waals surface area (Å²) in [5.74, 6) is -0.257. The number of hydroxylamine groups is 2. The van der Waals surface area contributed by atoms with E-state index >= 15 is 0 Å². The quantitative estimate of drug-likeness (QED) is 0.119. The van der Waals surface area contributed by atoms with Gasteiger partial charge in [0.15, 0.2) is 0 Å². The molecule has 0 fully saturated rings. The first-order valence-electron chi connectivity index (χ1n) is 15.6. The Hall–Kier alpha value is -5.30. The Balaban J connectivity index is 1.25. The maximum Gasteiger partial charge on any atom is 0.491 e. The molecule has 0 saturated carbocycles. The number of amides is 1. The van der Waals surface area contributed by atoms with Crippen molar-refractivity contribution in [3.8, 4) is 33.4 Å². The largest absolute Gasteiger partial charge is 0.491 e. The maximum absolute atomic E-state index is 14.0. The molecule has 0 radical (unpaired) electrons. The summed E-state index contributed by atoms with van der Waals surface area (Å²) < 4.78 is 23.5. The van der Waals surface area contributed by atoms with E-state index in [1.54, 1.807) is 0 Å². The first-order valence-corrected chi connectivity index (χ1v) is 17.1. The van der Waals surface area contributed by atoms with Crippen molar-refractivity contribution in [3.63, 3.8) is 0 Å². The fourth-order valence-electron chi connectivity index (χ4n) is 6.40. The molecule has 0 bridgehead atoms. The molecule has 0 spiro atoms. The highest BCUT2D eigenvalue weighted by molar-refractivity contribution is 7.46. The second-order valence-corrected chi connectivity index (χ2v) is 12.7. The van der Waals surface area contributed by atoms with Crippen LogP contribution in [0, 0.1) is 0 Å². The fraction of sp³-hybridized carbons (Fsp3) is 0.0750. The van der Waals surface area contributed by atoms with Gasteiger partial charge in [0.2, 0.25) is 0 Å². The minimum Gasteiger partial charge on any atom is -0.447 e. The third-order valence-electron chi connectivity index (χ3n) is 8.61. The van der Waals surface area contributed by atoms with Gasteiger partial charge in [-0.15, -0.1) is 0 Å². The summed E-state index contributed by atoms with van der Waals surface area (Å²) in [6.07, 6.45) is -1.02. The van der Waals surface area contributed by atoms with E-state index in [4.69, 9.17) is 9.36 Å². The molecule has 0 aromatic heterocycles. The Bertz CT molecular complexity index is 1950. The van der Waals surface area contributed by atoms with Gasteiger partial charge in [-0.05, 0) is 55.6 Å². The Morgan fingerprint density at radius 2 is 0.979 bits per heavy atom. The van der Waals surface area contributed by atoms with Crippen LogP contribution in [0.2, 0.25) is 0 Å². The zero-order valence-electron chi connectivity index (χ0n) is 25.8. The number of carbonyl (C=O) groups is 1. The minimum absolute atomic E-state index is 0.0551. The summed E-state index contributed by atoms with van der Waals surface area (Å²) in [6.45, 7) is -0.0551. The number of hydrogen-bond donors (Lipinski definition) is 2. The molecule has 48 heavy (non-hydrogen) atoms. The van der Waals surface area contributed by atoms with Crippen molar-refractivity contribution >= 4 is 13.9 Å². The average Bonchev–Trinajstić information content (AvgIpc) is 3.44. The van der Waals surface area contributed by atoms with E-state index < -0.39 is 20.0 Å². The van der Waals surface area contributed by atoms with Crippen molar-refractivity contribution in [1.82, 2.24) is 5.06 Å². The van der Waals surface area contributed by atoms with Gasteiger partial charge in [-0.1, -0.05) is 158 Å². The third kappa shape index (κ3) is 6.58. The molecule has 7 rings (SSSR count). The van der Waals surface area contributed by atoms with Crippen molar-refractivity contribution in [1.29, 1.82) is 0 Å². The van der Waals surface area contributed by atoms with Crippen LogP contribution in [-0.2, 0) is 13.9 Å². The number of fused-ring (bicyclic) bond motifs is 3. The number of phosphoric acid groups is 1. The molecule has 1 aliphatic rings. The molecule has 0 unspecified atom stereocenters. The van der Waals surface area contributed by atoms with Gasteiger partial charge < -0.3 is 14.5 Å². The summed E-state index contributed by atoms with van der Waals surface area (Å²) in [5, 5.41) is 0.669. The van der Waals surface area contributed by atoms with Crippen LogP contribution < -0.4 is 0 Å². The van der Waals surface area contributed by atoms with E-state index in [0.717, 1.165) is 44.5 Å². The van der Waals surface area contributed by atoms with E-state index in [0.29, 0.717) is 16.2 Å². The molecule has 2 N–H and O–H groups in total. The van der Waals surface area contributed by atoms with Gasteiger partial charge in [-0.2, -0.15) is 9.69 Å². The van der Waals surface area contributed by atoms with Crippen LogP contribution in [0.1, 0.15) is 34.2 Å². The highest BCUT2D eigenvalue weighted by Gasteiger charge is 2.37. The highest BCUT2D eigenvalue weighted by Crippen LogP contribution is 2.46. The Kier molecular flexibility index (Phi) is 8.76. The normalized spacial score (nSPS) is 12.4. The summed E-state index contributed by atoms with van der Waals surface area (Å²) in [7, 11) is -5.22. The number of hydrogen-bond acceptors (Lipinski definition) is 4. The summed E-state index contributed by atoms with van der Waals surface area (Å²) in [4.78, 5) is 34.1. The zero-order valence-corrected chi connectivity index (χ0v) is 26.7. The Labute approximate surface area is 278 Å². The lowest BCUT2D eigenvalue weighted by Gasteiger charge is -2.31. The predicted octanol–water partition coefficient (Wildman–Crippen LogP) is 9.39. The standard InChI is InChI=1S/C40H32NO6P/c42-40(46-27-38-36-17-9-7-15-34(36)35-16-8-10-18-37(35)38)41(47-48(43,44)45)39(32-23-19-30(20-24-32)28-11-3-1-4-12-28)33-25-21-31(22-26-33)29-13-5-2-6-14-29/h1-26,38-39H,27H2,(H2,43,44,45). The van der Waals surface area contributed by atoms with Gasteiger partial charge in [0, 0.05) is 5.92 Å². The van der Waals surface area contributed by atoms with Gasteiger partial charge in [0.25, 0.3) is 0 Å². The topological polar surface area (TPSA) is 96.3 Å². The van der Waals surface area contributed by atoms with Gasteiger partial charge in [0.05, 0.1) is 0 Å². The number of nitrogens with zero attached hydrogens (tertiary/aromatic N) is 1. The van der Waals surface area contributed by atoms with Crippen LogP contribution in [0.25, 0.3) is 33.4 Å². The minimum atomic E-state index is -5.22. The molecule has 6 aromatic carbocycles. The van der Waals surface area contributed by atoms with E-state index in [2.05, 4.69) is 0 Å². The molecule has 0 aliphatic heterocycles. The lowest BCUT2D eigenvalue weighted by atomic mass is 9.94. The first kappa shape index (κ1) is 31.3. The van der Waals surface area contributed by atoms with Gasteiger partial charge >= 0.3 is 13.9 Å². The highest BCUT2D eigenvalue weighted by atomic mass is 31.2.